The van der Waals surface area contributed by atoms with E-state index in [1.807, 2.05) is 11.0 Å². The van der Waals surface area contributed by atoms with Crippen LogP contribution in [0, 0.1) is 0 Å². The molecule has 0 aromatic heterocycles. The maximum atomic E-state index is 11.7. The summed E-state index contributed by atoms with van der Waals surface area (Å²) in [5, 5.41) is 0. The molecule has 0 amide bonds. The summed E-state index contributed by atoms with van der Waals surface area (Å²) in [5.74, 6) is 0.838. The largest absolute Gasteiger partial charge is 0.331 e. The van der Waals surface area contributed by atoms with Crippen LogP contribution in [0.2, 0.25) is 0 Å². The summed E-state index contributed by atoms with van der Waals surface area (Å²) >= 11 is 4.15. The highest BCUT2D eigenvalue weighted by Crippen LogP contribution is 2.29. The first-order valence-electron chi connectivity index (χ1n) is 5.42. The summed E-state index contributed by atoms with van der Waals surface area (Å²) < 4.78 is 27.0. The lowest BCUT2D eigenvalue weighted by molar-refractivity contribution is 0.597. The van der Waals surface area contributed by atoms with E-state index in [0.29, 0.717) is 5.69 Å². The molecule has 0 unspecified atom stereocenters. The average Bonchev–Trinajstić information content (AvgIpc) is 2.33. The molecule has 1 aliphatic rings. The molecule has 1 aromatic carbocycles. The number of thiol groups is 1. The van der Waals surface area contributed by atoms with E-state index < -0.39 is 10.0 Å². The second-order valence-electron chi connectivity index (χ2n) is 3.79. The molecule has 2 rings (SSSR count). The molecule has 0 saturated heterocycles. The number of hydrogen-bond donors (Lipinski definition) is 1. The zero-order chi connectivity index (χ0) is 12.3. The minimum atomic E-state index is -3.49. The number of benzene rings is 1. The van der Waals surface area contributed by atoms with E-state index in [-0.39, 0.29) is 4.90 Å². The molecule has 4 nitrogen and oxygen atoms in total. The van der Waals surface area contributed by atoms with Crippen LogP contribution in [0.1, 0.15) is 12.8 Å². The van der Waals surface area contributed by atoms with Crippen molar-refractivity contribution in [3.63, 3.8) is 0 Å². The third-order valence-corrected chi connectivity index (χ3v) is 4.17. The SMILES string of the molecule is O=S1(=O)N=CN(CCCCS)c2ccccc21. The van der Waals surface area contributed by atoms with Gasteiger partial charge >= 0.3 is 0 Å². The van der Waals surface area contributed by atoms with E-state index in [9.17, 15) is 8.42 Å². The number of rotatable bonds is 4. The number of sulfonamides is 1. The number of para-hydroxylation sites is 1. The smallest absolute Gasteiger partial charge is 0.285 e. The van der Waals surface area contributed by atoms with Gasteiger partial charge < -0.3 is 4.90 Å². The highest BCUT2D eigenvalue weighted by Gasteiger charge is 2.24. The normalized spacial score (nSPS) is 16.9. The van der Waals surface area contributed by atoms with Crippen LogP contribution in [-0.4, -0.2) is 27.1 Å². The molecule has 0 fully saturated rings. The van der Waals surface area contributed by atoms with Crippen LogP contribution >= 0.6 is 12.6 Å². The van der Waals surface area contributed by atoms with E-state index in [1.165, 1.54) is 6.34 Å². The van der Waals surface area contributed by atoms with Gasteiger partial charge in [-0.3, -0.25) is 0 Å². The van der Waals surface area contributed by atoms with Gasteiger partial charge in [-0.2, -0.15) is 21.0 Å². The maximum Gasteiger partial charge on any atom is 0.285 e. The fourth-order valence-electron chi connectivity index (χ4n) is 1.72. The van der Waals surface area contributed by atoms with Gasteiger partial charge in [0.15, 0.2) is 0 Å². The highest BCUT2D eigenvalue weighted by atomic mass is 32.2. The second kappa shape index (κ2) is 5.10. The Balaban J connectivity index is 2.28. The molecule has 0 radical (unpaired) electrons. The Hall–Kier alpha value is -1.01. The highest BCUT2D eigenvalue weighted by molar-refractivity contribution is 7.90. The zero-order valence-electron chi connectivity index (χ0n) is 9.28. The van der Waals surface area contributed by atoms with Gasteiger partial charge in [0.2, 0.25) is 0 Å². The van der Waals surface area contributed by atoms with Crippen molar-refractivity contribution in [2.24, 2.45) is 4.40 Å². The molecule has 1 aliphatic heterocycles. The van der Waals surface area contributed by atoms with Crippen molar-refractivity contribution in [2.75, 3.05) is 17.2 Å². The summed E-state index contributed by atoms with van der Waals surface area (Å²) in [6, 6.07) is 6.94. The lowest BCUT2D eigenvalue weighted by atomic mass is 10.2. The number of hydrogen-bond acceptors (Lipinski definition) is 4. The van der Waals surface area contributed by atoms with Gasteiger partial charge in [-0.1, -0.05) is 12.1 Å². The Morgan fingerprint density at radius 3 is 2.76 bits per heavy atom. The van der Waals surface area contributed by atoms with Crippen LogP contribution in [0.3, 0.4) is 0 Å². The molecule has 0 bridgehead atoms. The number of fused-ring (bicyclic) bond motifs is 1. The van der Waals surface area contributed by atoms with Gasteiger partial charge in [-0.15, -0.1) is 4.40 Å². The van der Waals surface area contributed by atoms with Crippen molar-refractivity contribution in [2.45, 2.75) is 17.7 Å². The molecule has 1 heterocycles. The van der Waals surface area contributed by atoms with Gasteiger partial charge in [0, 0.05) is 6.54 Å². The number of anilines is 1. The van der Waals surface area contributed by atoms with Crippen molar-refractivity contribution in [3.8, 4) is 0 Å². The van der Waals surface area contributed by atoms with Crippen molar-refractivity contribution < 1.29 is 8.42 Å². The van der Waals surface area contributed by atoms with Crippen molar-refractivity contribution in [3.05, 3.63) is 24.3 Å². The predicted molar refractivity (Wildman–Crippen MR) is 72.6 cm³/mol. The summed E-state index contributed by atoms with van der Waals surface area (Å²) in [7, 11) is -3.49. The van der Waals surface area contributed by atoms with Gasteiger partial charge in [-0.05, 0) is 30.7 Å². The Kier molecular flexibility index (Phi) is 3.73. The molecule has 92 valence electrons. The molecular weight excluding hydrogens is 256 g/mol. The van der Waals surface area contributed by atoms with Crippen LogP contribution in [0.5, 0.6) is 0 Å². The molecule has 0 spiro atoms. The lowest BCUT2D eigenvalue weighted by Crippen LogP contribution is -2.28. The Morgan fingerprint density at radius 1 is 1.24 bits per heavy atom. The predicted octanol–water partition coefficient (Wildman–Crippen LogP) is 1.93. The minimum absolute atomic E-state index is 0.286. The van der Waals surface area contributed by atoms with Gasteiger partial charge in [0.05, 0.1) is 5.69 Å². The lowest BCUT2D eigenvalue weighted by Gasteiger charge is -2.24. The quantitative estimate of drug-likeness (QED) is 0.672. The first kappa shape index (κ1) is 12.4. The Bertz CT molecular complexity index is 526. The van der Waals surface area contributed by atoms with E-state index in [4.69, 9.17) is 0 Å². The molecule has 6 heteroatoms. The van der Waals surface area contributed by atoms with E-state index in [1.54, 1.807) is 18.2 Å². The fourth-order valence-corrected chi connectivity index (χ4v) is 3.00. The van der Waals surface area contributed by atoms with E-state index >= 15 is 0 Å². The third kappa shape index (κ3) is 2.63. The van der Waals surface area contributed by atoms with Crippen LogP contribution in [-0.2, 0) is 10.0 Å². The summed E-state index contributed by atoms with van der Waals surface area (Å²) in [6.45, 7) is 0.761. The molecule has 0 saturated carbocycles. The standard InChI is InChI=1S/C11H14N2O2S2/c14-17(15)11-6-2-1-5-10(11)13(9-12-17)7-3-4-8-16/h1-2,5-6,9,16H,3-4,7-8H2. The van der Waals surface area contributed by atoms with E-state index in [2.05, 4.69) is 17.0 Å². The molecule has 0 aliphatic carbocycles. The van der Waals surface area contributed by atoms with Crippen LogP contribution < -0.4 is 4.90 Å². The summed E-state index contributed by atoms with van der Waals surface area (Å²) in [4.78, 5) is 2.16. The first-order valence-corrected chi connectivity index (χ1v) is 7.49. The van der Waals surface area contributed by atoms with Gasteiger partial charge in [0.1, 0.15) is 11.2 Å². The van der Waals surface area contributed by atoms with Crippen LogP contribution in [0.4, 0.5) is 5.69 Å². The number of nitrogens with zero attached hydrogens (tertiary/aromatic N) is 2. The zero-order valence-corrected chi connectivity index (χ0v) is 11.0. The Morgan fingerprint density at radius 2 is 2.00 bits per heavy atom. The molecule has 1 aromatic rings. The summed E-state index contributed by atoms with van der Waals surface area (Å²) in [5.41, 5.74) is 0.710. The van der Waals surface area contributed by atoms with Crippen LogP contribution in [0.25, 0.3) is 0 Å². The van der Waals surface area contributed by atoms with Crippen molar-refractivity contribution in [1.82, 2.24) is 0 Å². The molecule has 17 heavy (non-hydrogen) atoms. The minimum Gasteiger partial charge on any atom is -0.331 e. The maximum absolute atomic E-state index is 11.7. The van der Waals surface area contributed by atoms with Crippen molar-refractivity contribution in [1.29, 1.82) is 0 Å². The average molecular weight is 270 g/mol. The topological polar surface area (TPSA) is 49.7 Å². The first-order chi connectivity index (χ1) is 8.15. The summed E-state index contributed by atoms with van der Waals surface area (Å²) in [6.07, 6.45) is 3.36. The second-order valence-corrected chi connectivity index (χ2v) is 5.84. The molecular formula is C11H14N2O2S2. The van der Waals surface area contributed by atoms with Gasteiger partial charge in [0.25, 0.3) is 10.0 Å². The van der Waals surface area contributed by atoms with Crippen molar-refractivity contribution >= 4 is 34.7 Å². The molecule has 0 atom stereocenters. The van der Waals surface area contributed by atoms with Gasteiger partial charge in [-0.25, -0.2) is 0 Å². The Labute approximate surface area is 107 Å². The number of unbranched alkanes of at least 4 members (excludes halogenated alkanes) is 1. The monoisotopic (exact) mass is 270 g/mol. The molecule has 0 N–H and O–H groups in total. The fraction of sp³-hybridized carbons (Fsp3) is 0.364. The van der Waals surface area contributed by atoms with Crippen LogP contribution in [0.15, 0.2) is 33.6 Å². The third-order valence-electron chi connectivity index (χ3n) is 2.59. The van der Waals surface area contributed by atoms with E-state index in [0.717, 1.165) is 25.1 Å².